The second kappa shape index (κ2) is 8.93. The summed E-state index contributed by atoms with van der Waals surface area (Å²) in [6.07, 6.45) is 4.36. The van der Waals surface area contributed by atoms with E-state index in [1.807, 2.05) is 78.9 Å². The van der Waals surface area contributed by atoms with Crippen LogP contribution >= 0.6 is 0 Å². The lowest BCUT2D eigenvalue weighted by atomic mass is 9.70. The molecule has 1 N–H and O–H groups in total. The third-order valence-corrected chi connectivity index (χ3v) is 8.63. The molecule has 38 heavy (non-hydrogen) atoms. The van der Waals surface area contributed by atoms with Gasteiger partial charge in [-0.3, -0.25) is 14.5 Å². The molecule has 186 valence electrons. The maximum atomic E-state index is 14.4. The molecule has 4 heteroatoms. The van der Waals surface area contributed by atoms with Crippen molar-refractivity contribution in [3.63, 3.8) is 0 Å². The Morgan fingerprint density at radius 3 is 2.26 bits per heavy atom. The molecule has 0 aromatic heterocycles. The van der Waals surface area contributed by atoms with Crippen molar-refractivity contribution in [3.8, 4) is 0 Å². The van der Waals surface area contributed by atoms with Gasteiger partial charge in [0, 0.05) is 29.8 Å². The van der Waals surface area contributed by atoms with Crippen LogP contribution in [0.5, 0.6) is 0 Å². The molecule has 1 saturated heterocycles. The normalized spacial score (nSPS) is 25.7. The fraction of sp³-hybridized carbons (Fsp3) is 0.176. The molecule has 4 aromatic rings. The smallest absolute Gasteiger partial charge is 0.250 e. The molecule has 4 nitrogen and oxygen atoms in total. The van der Waals surface area contributed by atoms with Gasteiger partial charge < -0.3 is 5.32 Å². The molecule has 0 radical (unpaired) electrons. The standard InChI is InChI=1S/C34H28N2O2/c37-30(20-19-23-11-3-1-4-12-23)32-31(24-13-5-2-6-14-24)29-21-25-15-7-8-16-26(25)22-36(29)34(32)27-17-9-10-18-28(27)35-33(34)38/h1-20,29,31-32H,21-22H2,(H,35,38)/b20-19+/t29-,31-,32+,34+/m1/s1. The Bertz CT molecular complexity index is 1560. The van der Waals surface area contributed by atoms with Crippen LogP contribution in [0, 0.1) is 5.92 Å². The number of hydrogen-bond donors (Lipinski definition) is 1. The number of allylic oxidation sites excluding steroid dienone is 1. The Morgan fingerprint density at radius 1 is 0.816 bits per heavy atom. The van der Waals surface area contributed by atoms with E-state index in [-0.39, 0.29) is 23.7 Å². The van der Waals surface area contributed by atoms with Crippen LogP contribution in [0.1, 0.15) is 33.7 Å². The lowest BCUT2D eigenvalue weighted by Gasteiger charge is -2.41. The van der Waals surface area contributed by atoms with Crippen LogP contribution in [-0.4, -0.2) is 22.6 Å². The Kier molecular flexibility index (Phi) is 5.38. The summed E-state index contributed by atoms with van der Waals surface area (Å²) in [4.78, 5) is 31.0. The van der Waals surface area contributed by atoms with Crippen molar-refractivity contribution in [2.45, 2.75) is 30.5 Å². The number of para-hydroxylation sites is 1. The van der Waals surface area contributed by atoms with Crippen LogP contribution in [0.2, 0.25) is 0 Å². The molecule has 1 amide bonds. The van der Waals surface area contributed by atoms with E-state index in [4.69, 9.17) is 0 Å². The van der Waals surface area contributed by atoms with Crippen molar-refractivity contribution < 1.29 is 9.59 Å². The molecule has 0 unspecified atom stereocenters. The highest BCUT2D eigenvalue weighted by Gasteiger charge is 2.68. The first kappa shape index (κ1) is 22.9. The second-order valence-corrected chi connectivity index (χ2v) is 10.5. The molecule has 0 bridgehead atoms. The van der Waals surface area contributed by atoms with E-state index < -0.39 is 11.5 Å². The van der Waals surface area contributed by atoms with E-state index in [0.29, 0.717) is 6.54 Å². The predicted octanol–water partition coefficient (Wildman–Crippen LogP) is 5.96. The maximum Gasteiger partial charge on any atom is 0.250 e. The number of amides is 1. The first-order valence-electron chi connectivity index (χ1n) is 13.2. The van der Waals surface area contributed by atoms with Gasteiger partial charge in [0.15, 0.2) is 5.78 Å². The number of benzene rings is 4. The quantitative estimate of drug-likeness (QED) is 0.355. The van der Waals surface area contributed by atoms with Crippen LogP contribution in [0.4, 0.5) is 5.69 Å². The molecular formula is C34H28N2O2. The third kappa shape index (κ3) is 3.34. The van der Waals surface area contributed by atoms with E-state index in [2.05, 4.69) is 46.6 Å². The van der Waals surface area contributed by atoms with Crippen LogP contribution in [0.25, 0.3) is 6.08 Å². The Morgan fingerprint density at radius 2 is 1.47 bits per heavy atom. The van der Waals surface area contributed by atoms with Crippen LogP contribution < -0.4 is 5.32 Å². The molecule has 1 fully saturated rings. The van der Waals surface area contributed by atoms with E-state index >= 15 is 0 Å². The Hall–Kier alpha value is -4.28. The number of carbonyl (C=O) groups is 2. The van der Waals surface area contributed by atoms with Crippen LogP contribution in [0.15, 0.2) is 115 Å². The Balaban J connectivity index is 1.46. The van der Waals surface area contributed by atoms with Gasteiger partial charge in [0.2, 0.25) is 5.91 Å². The molecule has 4 aromatic carbocycles. The number of nitrogens with zero attached hydrogens (tertiary/aromatic N) is 1. The van der Waals surface area contributed by atoms with Crippen molar-refractivity contribution in [2.75, 3.05) is 5.32 Å². The van der Waals surface area contributed by atoms with Crippen molar-refractivity contribution in [1.82, 2.24) is 4.90 Å². The van der Waals surface area contributed by atoms with E-state index in [1.54, 1.807) is 6.08 Å². The van der Waals surface area contributed by atoms with E-state index in [0.717, 1.165) is 28.8 Å². The second-order valence-electron chi connectivity index (χ2n) is 10.5. The van der Waals surface area contributed by atoms with Gasteiger partial charge in [-0.25, -0.2) is 0 Å². The highest BCUT2D eigenvalue weighted by atomic mass is 16.2. The number of hydrogen-bond acceptors (Lipinski definition) is 3. The predicted molar refractivity (Wildman–Crippen MR) is 149 cm³/mol. The average Bonchev–Trinajstić information content (AvgIpc) is 3.43. The number of carbonyl (C=O) groups excluding carboxylic acids is 2. The summed E-state index contributed by atoms with van der Waals surface area (Å²) in [5, 5.41) is 3.16. The van der Waals surface area contributed by atoms with Gasteiger partial charge in [0.25, 0.3) is 0 Å². The summed E-state index contributed by atoms with van der Waals surface area (Å²) in [6, 6.07) is 36.5. The molecule has 0 aliphatic carbocycles. The topological polar surface area (TPSA) is 49.4 Å². The summed E-state index contributed by atoms with van der Waals surface area (Å²) in [5.74, 6) is -0.844. The van der Waals surface area contributed by atoms with Crippen molar-refractivity contribution >= 4 is 23.5 Å². The zero-order chi connectivity index (χ0) is 25.7. The summed E-state index contributed by atoms with van der Waals surface area (Å²) in [6.45, 7) is 0.623. The summed E-state index contributed by atoms with van der Waals surface area (Å²) < 4.78 is 0. The number of rotatable bonds is 4. The SMILES string of the molecule is O=C(/C=C/c1ccccc1)[C@H]1[C@H](c2ccccc2)[C@H]2Cc3ccccc3CN2[C@]12C(=O)Nc1ccccc12. The summed E-state index contributed by atoms with van der Waals surface area (Å²) in [5.41, 5.74) is 5.19. The third-order valence-electron chi connectivity index (χ3n) is 8.63. The fourth-order valence-corrected chi connectivity index (χ4v) is 7.09. The highest BCUT2D eigenvalue weighted by molar-refractivity contribution is 6.11. The van der Waals surface area contributed by atoms with E-state index in [9.17, 15) is 9.59 Å². The number of fused-ring (bicyclic) bond motifs is 5. The minimum atomic E-state index is -1.09. The zero-order valence-electron chi connectivity index (χ0n) is 21.0. The largest absolute Gasteiger partial charge is 0.324 e. The molecular weight excluding hydrogens is 468 g/mol. The van der Waals surface area contributed by atoms with Gasteiger partial charge >= 0.3 is 0 Å². The molecule has 0 saturated carbocycles. The van der Waals surface area contributed by atoms with Gasteiger partial charge in [-0.15, -0.1) is 0 Å². The first-order chi connectivity index (χ1) is 18.7. The maximum absolute atomic E-state index is 14.4. The minimum Gasteiger partial charge on any atom is -0.324 e. The molecule has 4 atom stereocenters. The number of anilines is 1. The number of ketones is 1. The van der Waals surface area contributed by atoms with Gasteiger partial charge in [0.1, 0.15) is 5.54 Å². The minimum absolute atomic E-state index is 0.00304. The van der Waals surface area contributed by atoms with Crippen LogP contribution in [0.3, 0.4) is 0 Å². The van der Waals surface area contributed by atoms with Gasteiger partial charge in [-0.2, -0.15) is 0 Å². The lowest BCUT2D eigenvalue weighted by molar-refractivity contribution is -0.135. The molecule has 3 heterocycles. The van der Waals surface area contributed by atoms with Gasteiger partial charge in [-0.05, 0) is 40.8 Å². The number of nitrogens with one attached hydrogen (secondary N) is 1. The highest BCUT2D eigenvalue weighted by Crippen LogP contribution is 2.60. The Labute approximate surface area is 222 Å². The van der Waals surface area contributed by atoms with Crippen molar-refractivity contribution in [3.05, 3.63) is 143 Å². The molecule has 1 spiro atoms. The van der Waals surface area contributed by atoms with Crippen molar-refractivity contribution in [2.24, 2.45) is 5.92 Å². The molecule has 7 rings (SSSR count). The zero-order valence-corrected chi connectivity index (χ0v) is 21.0. The van der Waals surface area contributed by atoms with Crippen LogP contribution in [-0.2, 0) is 28.1 Å². The van der Waals surface area contributed by atoms with Crippen molar-refractivity contribution in [1.29, 1.82) is 0 Å². The lowest BCUT2D eigenvalue weighted by Crippen LogP contribution is -2.54. The summed E-state index contributed by atoms with van der Waals surface area (Å²) in [7, 11) is 0. The van der Waals surface area contributed by atoms with E-state index in [1.165, 1.54) is 11.1 Å². The molecule has 3 aliphatic heterocycles. The molecule has 3 aliphatic rings. The fourth-order valence-electron chi connectivity index (χ4n) is 7.09. The van der Waals surface area contributed by atoms with Gasteiger partial charge in [0.05, 0.1) is 5.92 Å². The summed E-state index contributed by atoms with van der Waals surface area (Å²) >= 11 is 0. The average molecular weight is 497 g/mol. The first-order valence-corrected chi connectivity index (χ1v) is 13.2. The monoisotopic (exact) mass is 496 g/mol. The van der Waals surface area contributed by atoms with Gasteiger partial charge in [-0.1, -0.05) is 109 Å².